The van der Waals surface area contributed by atoms with Gasteiger partial charge in [0.25, 0.3) is 5.69 Å². The van der Waals surface area contributed by atoms with E-state index < -0.39 is 20.6 Å². The molecular weight excluding hydrogens is 377 g/mol. The number of halogens is 1. The fourth-order valence-corrected chi connectivity index (χ4v) is 2.98. The fourth-order valence-electron chi connectivity index (χ4n) is 2.34. The summed E-state index contributed by atoms with van der Waals surface area (Å²) >= 11 is 0. The highest BCUT2D eigenvalue weighted by molar-refractivity contribution is 7.90. The minimum Gasteiger partial charge on any atom is -0.378 e. The van der Waals surface area contributed by atoms with Gasteiger partial charge in [0, 0.05) is 25.4 Å². The van der Waals surface area contributed by atoms with E-state index in [0.717, 1.165) is 12.3 Å². The normalized spacial score (nSPS) is 11.0. The number of carbonyl (C=O) groups is 1. The summed E-state index contributed by atoms with van der Waals surface area (Å²) in [6.45, 7) is 0.368. The highest BCUT2D eigenvalue weighted by Crippen LogP contribution is 2.27. The molecule has 10 heteroatoms. The van der Waals surface area contributed by atoms with Crippen LogP contribution in [0.1, 0.15) is 5.56 Å². The van der Waals surface area contributed by atoms with E-state index in [1.807, 2.05) is 0 Å². The zero-order chi connectivity index (χ0) is 20.0. The molecule has 0 aromatic heterocycles. The number of nitro groups is 1. The van der Waals surface area contributed by atoms with Gasteiger partial charge in [-0.15, -0.1) is 0 Å². The Kier molecular flexibility index (Phi) is 6.45. The predicted octanol–water partition coefficient (Wildman–Crippen LogP) is 1.91. The molecule has 2 aromatic rings. The van der Waals surface area contributed by atoms with Crippen molar-refractivity contribution in [3.8, 4) is 0 Å². The zero-order valence-corrected chi connectivity index (χ0v) is 15.3. The summed E-state index contributed by atoms with van der Waals surface area (Å²) in [6, 6.07) is 9.26. The van der Waals surface area contributed by atoms with Crippen LogP contribution < -0.4 is 10.6 Å². The van der Waals surface area contributed by atoms with Crippen molar-refractivity contribution in [3.63, 3.8) is 0 Å². The van der Waals surface area contributed by atoms with Crippen molar-refractivity contribution >= 4 is 27.1 Å². The first-order valence-electron chi connectivity index (χ1n) is 7.90. The number of nitro benzene ring substituents is 1. The number of nitrogens with one attached hydrogen (secondary N) is 2. The van der Waals surface area contributed by atoms with E-state index in [4.69, 9.17) is 0 Å². The van der Waals surface area contributed by atoms with Crippen LogP contribution in [0.5, 0.6) is 0 Å². The van der Waals surface area contributed by atoms with E-state index in [1.54, 1.807) is 6.07 Å². The minimum atomic E-state index is -3.56. The van der Waals surface area contributed by atoms with E-state index in [0.29, 0.717) is 5.56 Å². The molecule has 2 rings (SSSR count). The van der Waals surface area contributed by atoms with Crippen molar-refractivity contribution in [3.05, 3.63) is 64.0 Å². The summed E-state index contributed by atoms with van der Waals surface area (Å²) in [5.41, 5.74) is 0.309. The van der Waals surface area contributed by atoms with E-state index in [-0.39, 0.29) is 41.7 Å². The molecule has 27 heavy (non-hydrogen) atoms. The van der Waals surface area contributed by atoms with Crippen molar-refractivity contribution in [1.82, 2.24) is 5.32 Å². The smallest absolute Gasteiger partial charge is 0.293 e. The highest BCUT2D eigenvalue weighted by atomic mass is 32.2. The summed E-state index contributed by atoms with van der Waals surface area (Å²) < 4.78 is 36.1. The Morgan fingerprint density at radius 3 is 2.56 bits per heavy atom. The Hall–Kier alpha value is -3.01. The fraction of sp³-hybridized carbons (Fsp3) is 0.235. The molecule has 0 bridgehead atoms. The lowest BCUT2D eigenvalue weighted by Crippen LogP contribution is -2.30. The van der Waals surface area contributed by atoms with E-state index in [1.165, 1.54) is 30.3 Å². The molecule has 0 saturated carbocycles. The van der Waals surface area contributed by atoms with Gasteiger partial charge in [-0.2, -0.15) is 0 Å². The predicted molar refractivity (Wildman–Crippen MR) is 97.8 cm³/mol. The number of rotatable bonds is 8. The second kappa shape index (κ2) is 8.58. The molecule has 2 aromatic carbocycles. The van der Waals surface area contributed by atoms with E-state index >= 15 is 0 Å². The monoisotopic (exact) mass is 395 g/mol. The Bertz CT molecular complexity index is 963. The van der Waals surface area contributed by atoms with Gasteiger partial charge in [-0.3, -0.25) is 14.9 Å². The molecule has 1 amide bonds. The molecule has 144 valence electrons. The molecule has 0 fully saturated rings. The molecule has 0 spiro atoms. The maximum atomic E-state index is 13.1. The molecule has 0 saturated heterocycles. The topological polar surface area (TPSA) is 118 Å². The number of nitrogens with zero attached hydrogens (tertiary/aromatic N) is 1. The standard InChI is InChI=1S/C17H18FN3O5S/c1-27(25,26)14-5-6-15(16(11-14)21(23)24)19-7-8-20-17(22)10-12-3-2-4-13(18)9-12/h2-6,9,11,19H,7-8,10H2,1H3,(H,20,22). The zero-order valence-electron chi connectivity index (χ0n) is 14.4. The minimum absolute atomic E-state index is 0.0148. The van der Waals surface area contributed by atoms with Crippen LogP contribution in [0.3, 0.4) is 0 Å². The first-order valence-corrected chi connectivity index (χ1v) is 9.79. The van der Waals surface area contributed by atoms with E-state index in [2.05, 4.69) is 10.6 Å². The van der Waals surface area contributed by atoms with Crippen LogP contribution in [-0.2, 0) is 21.1 Å². The van der Waals surface area contributed by atoms with Gasteiger partial charge in [0.1, 0.15) is 11.5 Å². The van der Waals surface area contributed by atoms with E-state index in [9.17, 15) is 27.7 Å². The number of benzene rings is 2. The Balaban J connectivity index is 1.91. The molecule has 0 aliphatic rings. The van der Waals surface area contributed by atoms with Crippen molar-refractivity contribution in [2.75, 3.05) is 24.7 Å². The molecular formula is C17H18FN3O5S. The summed E-state index contributed by atoms with van der Waals surface area (Å²) in [7, 11) is -3.56. The molecule has 0 aliphatic heterocycles. The summed E-state index contributed by atoms with van der Waals surface area (Å²) in [5, 5.41) is 16.5. The lowest BCUT2D eigenvalue weighted by molar-refractivity contribution is -0.384. The van der Waals surface area contributed by atoms with Crippen molar-refractivity contribution in [2.45, 2.75) is 11.3 Å². The number of hydrogen-bond donors (Lipinski definition) is 2. The highest BCUT2D eigenvalue weighted by Gasteiger charge is 2.18. The number of carbonyl (C=O) groups excluding carboxylic acids is 1. The van der Waals surface area contributed by atoms with Crippen LogP contribution in [0, 0.1) is 15.9 Å². The summed E-state index contributed by atoms with van der Waals surface area (Å²) in [5.74, 6) is -0.740. The quantitative estimate of drug-likeness (QED) is 0.400. The van der Waals surface area contributed by atoms with Crippen LogP contribution in [0.4, 0.5) is 15.8 Å². The largest absolute Gasteiger partial charge is 0.378 e. The maximum Gasteiger partial charge on any atom is 0.293 e. The van der Waals surface area contributed by atoms with Gasteiger partial charge < -0.3 is 10.6 Å². The molecule has 0 unspecified atom stereocenters. The van der Waals surface area contributed by atoms with Gasteiger partial charge >= 0.3 is 0 Å². The third-order valence-electron chi connectivity index (χ3n) is 3.61. The van der Waals surface area contributed by atoms with Gasteiger partial charge in [0.2, 0.25) is 5.91 Å². The van der Waals surface area contributed by atoms with Gasteiger partial charge in [-0.05, 0) is 29.8 Å². The summed E-state index contributed by atoms with van der Waals surface area (Å²) in [4.78, 5) is 22.1. The third-order valence-corrected chi connectivity index (χ3v) is 4.72. The Morgan fingerprint density at radius 1 is 1.19 bits per heavy atom. The van der Waals surface area contributed by atoms with Crippen molar-refractivity contribution in [1.29, 1.82) is 0 Å². The molecule has 0 atom stereocenters. The SMILES string of the molecule is CS(=O)(=O)c1ccc(NCCNC(=O)Cc2cccc(F)c2)c([N+](=O)[O-])c1. The Morgan fingerprint density at radius 2 is 1.93 bits per heavy atom. The lowest BCUT2D eigenvalue weighted by Gasteiger charge is -2.09. The molecule has 8 nitrogen and oxygen atoms in total. The number of anilines is 1. The molecule has 0 radical (unpaired) electrons. The second-order valence-corrected chi connectivity index (χ2v) is 7.81. The Labute approximate surface area is 155 Å². The van der Waals surface area contributed by atoms with Crippen LogP contribution in [0.15, 0.2) is 47.4 Å². The lowest BCUT2D eigenvalue weighted by atomic mass is 10.1. The van der Waals surface area contributed by atoms with Gasteiger partial charge in [-0.1, -0.05) is 12.1 Å². The van der Waals surface area contributed by atoms with Gasteiger partial charge in [0.15, 0.2) is 9.84 Å². The van der Waals surface area contributed by atoms with Crippen molar-refractivity contribution < 1.29 is 22.5 Å². The van der Waals surface area contributed by atoms with Gasteiger partial charge in [-0.25, -0.2) is 12.8 Å². The number of sulfone groups is 1. The van der Waals surface area contributed by atoms with Crippen LogP contribution >= 0.6 is 0 Å². The average Bonchev–Trinajstić information content (AvgIpc) is 2.57. The summed E-state index contributed by atoms with van der Waals surface area (Å²) in [6.07, 6.45) is 0.980. The third kappa shape index (κ3) is 6.03. The molecule has 0 aliphatic carbocycles. The molecule has 0 heterocycles. The molecule has 2 N–H and O–H groups in total. The van der Waals surface area contributed by atoms with Crippen LogP contribution in [-0.4, -0.2) is 38.6 Å². The number of amides is 1. The second-order valence-electron chi connectivity index (χ2n) is 5.79. The van der Waals surface area contributed by atoms with Crippen molar-refractivity contribution in [2.24, 2.45) is 0 Å². The van der Waals surface area contributed by atoms with Crippen LogP contribution in [0.2, 0.25) is 0 Å². The van der Waals surface area contributed by atoms with Crippen LogP contribution in [0.25, 0.3) is 0 Å². The number of hydrogen-bond acceptors (Lipinski definition) is 6. The van der Waals surface area contributed by atoms with Gasteiger partial charge in [0.05, 0.1) is 16.2 Å². The first-order chi connectivity index (χ1) is 12.7. The average molecular weight is 395 g/mol. The first kappa shape index (κ1) is 20.3. The maximum absolute atomic E-state index is 13.1.